The van der Waals surface area contributed by atoms with E-state index in [0.29, 0.717) is 6.54 Å². The molecule has 1 saturated carbocycles. The Labute approximate surface area is 69.0 Å². The van der Waals surface area contributed by atoms with Crippen LogP contribution in [0.3, 0.4) is 0 Å². The van der Waals surface area contributed by atoms with Gasteiger partial charge in [0.2, 0.25) is 0 Å². The van der Waals surface area contributed by atoms with Crippen LogP contribution >= 0.6 is 0 Å². The Morgan fingerprint density at radius 3 is 2.73 bits per heavy atom. The second kappa shape index (κ2) is 3.72. The largest absolute Gasteiger partial charge is 0.327 e. The van der Waals surface area contributed by atoms with E-state index < -0.39 is 0 Å². The van der Waals surface area contributed by atoms with Gasteiger partial charge < -0.3 is 5.73 Å². The highest BCUT2D eigenvalue weighted by molar-refractivity contribution is 5.21. The molecule has 0 aromatic carbocycles. The third-order valence-electron chi connectivity index (χ3n) is 2.02. The average molecular weight is 151 g/mol. The van der Waals surface area contributed by atoms with Gasteiger partial charge in [0.1, 0.15) is 0 Å². The van der Waals surface area contributed by atoms with Gasteiger partial charge in [0.05, 0.1) is 0 Å². The first-order valence-corrected chi connectivity index (χ1v) is 4.27. The van der Waals surface area contributed by atoms with Crippen LogP contribution in [0.2, 0.25) is 0 Å². The van der Waals surface area contributed by atoms with Gasteiger partial charge in [0.25, 0.3) is 0 Å². The van der Waals surface area contributed by atoms with Crippen molar-refractivity contribution in [3.63, 3.8) is 0 Å². The normalized spacial score (nSPS) is 18.5. The molecule has 0 saturated heterocycles. The molecule has 0 aromatic rings. The third kappa shape index (κ3) is 3.38. The first-order valence-electron chi connectivity index (χ1n) is 4.27. The Morgan fingerprint density at radius 2 is 2.27 bits per heavy atom. The molecule has 1 aliphatic carbocycles. The molecule has 0 heterocycles. The van der Waals surface area contributed by atoms with Crippen LogP contribution in [0.1, 0.15) is 26.2 Å². The average Bonchev–Trinajstić information content (AvgIpc) is 2.71. The van der Waals surface area contributed by atoms with E-state index in [1.165, 1.54) is 30.4 Å². The van der Waals surface area contributed by atoms with Crippen LogP contribution < -0.4 is 5.73 Å². The molecule has 0 unspecified atom stereocenters. The van der Waals surface area contributed by atoms with E-state index in [0.717, 1.165) is 5.92 Å². The summed E-state index contributed by atoms with van der Waals surface area (Å²) >= 11 is 0. The van der Waals surface area contributed by atoms with E-state index in [2.05, 4.69) is 19.6 Å². The Hall–Kier alpha value is -0.560. The summed E-state index contributed by atoms with van der Waals surface area (Å²) in [7, 11) is 0. The molecule has 0 amide bonds. The van der Waals surface area contributed by atoms with E-state index in [1.807, 2.05) is 0 Å². The van der Waals surface area contributed by atoms with E-state index in [-0.39, 0.29) is 0 Å². The van der Waals surface area contributed by atoms with Crippen LogP contribution in [0.4, 0.5) is 0 Å². The molecule has 1 aliphatic rings. The van der Waals surface area contributed by atoms with Gasteiger partial charge in [-0.2, -0.15) is 0 Å². The fourth-order valence-corrected chi connectivity index (χ4v) is 1.16. The summed E-state index contributed by atoms with van der Waals surface area (Å²) in [5, 5.41) is 0. The van der Waals surface area contributed by atoms with Gasteiger partial charge in [-0.05, 0) is 32.1 Å². The van der Waals surface area contributed by atoms with Crippen molar-refractivity contribution in [2.45, 2.75) is 26.2 Å². The number of rotatable bonds is 4. The van der Waals surface area contributed by atoms with Crippen molar-refractivity contribution >= 4 is 0 Å². The van der Waals surface area contributed by atoms with E-state index in [9.17, 15) is 0 Å². The number of hydrogen-bond acceptors (Lipinski definition) is 1. The standard InChI is InChI=1S/C10H17N/c1-8(5-9(2)7-11)6-10-3-4-10/h5,10H,1,3-4,6-7,11H2,2H3/b9-5+. The van der Waals surface area contributed by atoms with Crippen molar-refractivity contribution in [2.24, 2.45) is 11.7 Å². The zero-order valence-electron chi connectivity index (χ0n) is 7.27. The molecule has 1 rings (SSSR count). The lowest BCUT2D eigenvalue weighted by Gasteiger charge is -1.99. The zero-order valence-corrected chi connectivity index (χ0v) is 7.27. The smallest absolute Gasteiger partial charge is 0.0137 e. The molecule has 0 bridgehead atoms. The molecular formula is C10H17N. The molecule has 0 aromatic heterocycles. The highest BCUT2D eigenvalue weighted by Gasteiger charge is 2.20. The van der Waals surface area contributed by atoms with E-state index in [4.69, 9.17) is 5.73 Å². The molecule has 0 aliphatic heterocycles. The number of allylic oxidation sites excluding steroid dienone is 2. The van der Waals surface area contributed by atoms with Gasteiger partial charge in [-0.3, -0.25) is 0 Å². The van der Waals surface area contributed by atoms with Crippen LogP contribution in [-0.4, -0.2) is 6.54 Å². The maximum Gasteiger partial charge on any atom is 0.0137 e. The second-order valence-corrected chi connectivity index (χ2v) is 3.50. The lowest BCUT2D eigenvalue weighted by Crippen LogP contribution is -1.99. The minimum Gasteiger partial charge on any atom is -0.327 e. The third-order valence-corrected chi connectivity index (χ3v) is 2.02. The summed E-state index contributed by atoms with van der Waals surface area (Å²) in [5.41, 5.74) is 7.94. The van der Waals surface area contributed by atoms with Gasteiger partial charge in [-0.15, -0.1) is 0 Å². The lowest BCUT2D eigenvalue weighted by atomic mass is 10.1. The molecule has 2 N–H and O–H groups in total. The predicted octanol–water partition coefficient (Wildman–Crippen LogP) is 2.25. The molecule has 0 spiro atoms. The van der Waals surface area contributed by atoms with Crippen molar-refractivity contribution < 1.29 is 0 Å². The Morgan fingerprint density at radius 1 is 1.64 bits per heavy atom. The summed E-state index contributed by atoms with van der Waals surface area (Å²) < 4.78 is 0. The van der Waals surface area contributed by atoms with Crippen LogP contribution in [-0.2, 0) is 0 Å². The lowest BCUT2D eigenvalue weighted by molar-refractivity contribution is 0.837. The molecule has 1 nitrogen and oxygen atoms in total. The summed E-state index contributed by atoms with van der Waals surface area (Å²) in [6.45, 7) is 6.70. The van der Waals surface area contributed by atoms with E-state index >= 15 is 0 Å². The Balaban J connectivity index is 2.28. The molecule has 0 radical (unpaired) electrons. The summed E-state index contributed by atoms with van der Waals surface area (Å²) in [5.74, 6) is 0.935. The maximum atomic E-state index is 5.46. The molecule has 1 fully saturated rings. The van der Waals surface area contributed by atoms with Crippen molar-refractivity contribution in [2.75, 3.05) is 6.54 Å². The van der Waals surface area contributed by atoms with Crippen molar-refractivity contribution in [1.82, 2.24) is 0 Å². The van der Waals surface area contributed by atoms with Crippen LogP contribution in [0.25, 0.3) is 0 Å². The Kier molecular flexibility index (Phi) is 2.89. The van der Waals surface area contributed by atoms with E-state index in [1.54, 1.807) is 0 Å². The molecule has 1 heteroatoms. The Bertz CT molecular complexity index is 175. The van der Waals surface area contributed by atoms with Crippen LogP contribution in [0, 0.1) is 5.92 Å². The van der Waals surface area contributed by atoms with Crippen LogP contribution in [0.5, 0.6) is 0 Å². The SMILES string of the molecule is C=C(/C=C(\C)CN)CC1CC1. The van der Waals surface area contributed by atoms with Gasteiger partial charge >= 0.3 is 0 Å². The highest BCUT2D eigenvalue weighted by Crippen LogP contribution is 2.35. The summed E-state index contributed by atoms with van der Waals surface area (Å²) in [4.78, 5) is 0. The zero-order chi connectivity index (χ0) is 8.27. The minimum atomic E-state index is 0.656. The number of hydrogen-bond donors (Lipinski definition) is 1. The molecule has 62 valence electrons. The highest BCUT2D eigenvalue weighted by atomic mass is 14.5. The first kappa shape index (κ1) is 8.54. The van der Waals surface area contributed by atoms with Crippen molar-refractivity contribution in [3.8, 4) is 0 Å². The summed E-state index contributed by atoms with van der Waals surface area (Å²) in [6, 6.07) is 0. The predicted molar refractivity (Wildman–Crippen MR) is 49.3 cm³/mol. The fourth-order valence-electron chi connectivity index (χ4n) is 1.16. The second-order valence-electron chi connectivity index (χ2n) is 3.50. The van der Waals surface area contributed by atoms with Crippen LogP contribution in [0.15, 0.2) is 23.8 Å². The maximum absolute atomic E-state index is 5.46. The monoisotopic (exact) mass is 151 g/mol. The fraction of sp³-hybridized carbons (Fsp3) is 0.600. The van der Waals surface area contributed by atoms with Gasteiger partial charge in [-0.1, -0.05) is 23.8 Å². The van der Waals surface area contributed by atoms with Crippen molar-refractivity contribution in [1.29, 1.82) is 0 Å². The molecule has 11 heavy (non-hydrogen) atoms. The minimum absolute atomic E-state index is 0.656. The topological polar surface area (TPSA) is 26.0 Å². The molecule has 0 atom stereocenters. The molecular weight excluding hydrogens is 134 g/mol. The van der Waals surface area contributed by atoms with Crippen molar-refractivity contribution in [3.05, 3.63) is 23.8 Å². The summed E-state index contributed by atoms with van der Waals surface area (Å²) in [6.07, 6.45) is 6.10. The van der Waals surface area contributed by atoms with Gasteiger partial charge in [0, 0.05) is 6.54 Å². The van der Waals surface area contributed by atoms with Gasteiger partial charge in [-0.25, -0.2) is 0 Å². The number of nitrogens with two attached hydrogens (primary N) is 1. The first-order chi connectivity index (χ1) is 5.22. The van der Waals surface area contributed by atoms with Gasteiger partial charge in [0.15, 0.2) is 0 Å². The quantitative estimate of drug-likeness (QED) is 0.613.